The van der Waals surface area contributed by atoms with Gasteiger partial charge in [-0.15, -0.1) is 0 Å². The fraction of sp³-hybridized carbons (Fsp3) is 0.292. The number of piperazine rings is 1. The maximum atomic E-state index is 14.4. The number of carbonyl (C=O) groups excluding carboxylic acids is 1. The number of aromatic nitrogens is 2. The Labute approximate surface area is 190 Å². The van der Waals surface area contributed by atoms with Gasteiger partial charge in [0, 0.05) is 49.6 Å². The van der Waals surface area contributed by atoms with Gasteiger partial charge in [-0.1, -0.05) is 0 Å². The van der Waals surface area contributed by atoms with Crippen LogP contribution in [0, 0.1) is 5.82 Å². The number of anilines is 1. The first-order valence-corrected chi connectivity index (χ1v) is 10.6. The van der Waals surface area contributed by atoms with Crippen molar-refractivity contribution >= 4 is 11.6 Å². The van der Waals surface area contributed by atoms with E-state index in [1.807, 2.05) is 24.3 Å². The summed E-state index contributed by atoms with van der Waals surface area (Å²) in [6.45, 7) is 2.22. The van der Waals surface area contributed by atoms with Crippen LogP contribution in [-0.4, -0.2) is 61.0 Å². The van der Waals surface area contributed by atoms with Crippen molar-refractivity contribution in [3.63, 3.8) is 0 Å². The third kappa shape index (κ3) is 4.97. The van der Waals surface area contributed by atoms with Gasteiger partial charge in [-0.25, -0.2) is 9.07 Å². The van der Waals surface area contributed by atoms with Crippen LogP contribution in [0.5, 0.6) is 11.5 Å². The van der Waals surface area contributed by atoms with Crippen molar-refractivity contribution in [3.8, 4) is 22.8 Å². The summed E-state index contributed by atoms with van der Waals surface area (Å²) in [6.07, 6.45) is 0. The molecule has 9 heteroatoms. The molecule has 2 aromatic carbocycles. The van der Waals surface area contributed by atoms with E-state index in [0.29, 0.717) is 31.9 Å². The smallest absolute Gasteiger partial charge is 0.267 e. The van der Waals surface area contributed by atoms with Crippen molar-refractivity contribution in [2.45, 2.75) is 6.54 Å². The first-order chi connectivity index (χ1) is 16.0. The highest BCUT2D eigenvalue weighted by molar-refractivity contribution is 5.76. The molecule has 1 aliphatic heterocycles. The molecular weight excluding hydrogens is 427 g/mol. The number of benzene rings is 2. The Balaban J connectivity index is 1.42. The SMILES string of the molecule is COc1ccc(N2CCN(C(=O)Cn3nc(-c4ccc(OC)cc4F)ccc3=O)CC2)cc1. The Hall–Kier alpha value is -3.88. The van der Waals surface area contributed by atoms with E-state index >= 15 is 0 Å². The van der Waals surface area contributed by atoms with Gasteiger partial charge in [0.15, 0.2) is 0 Å². The minimum atomic E-state index is -0.520. The average Bonchev–Trinajstić information content (AvgIpc) is 2.85. The molecule has 0 spiro atoms. The summed E-state index contributed by atoms with van der Waals surface area (Å²) < 4.78 is 25.7. The maximum Gasteiger partial charge on any atom is 0.267 e. The molecule has 0 bridgehead atoms. The molecule has 0 N–H and O–H groups in total. The lowest BCUT2D eigenvalue weighted by Gasteiger charge is -2.36. The molecule has 0 atom stereocenters. The zero-order chi connectivity index (χ0) is 23.4. The minimum Gasteiger partial charge on any atom is -0.497 e. The topological polar surface area (TPSA) is 76.9 Å². The second-order valence-electron chi connectivity index (χ2n) is 7.63. The Kier molecular flexibility index (Phi) is 6.58. The molecule has 1 saturated heterocycles. The molecule has 1 aliphatic rings. The van der Waals surface area contributed by atoms with Gasteiger partial charge in [-0.2, -0.15) is 5.10 Å². The van der Waals surface area contributed by atoms with Crippen LogP contribution < -0.4 is 19.9 Å². The molecule has 8 nitrogen and oxygen atoms in total. The third-order valence-electron chi connectivity index (χ3n) is 5.67. The lowest BCUT2D eigenvalue weighted by Crippen LogP contribution is -2.50. The Morgan fingerprint density at radius 2 is 1.61 bits per heavy atom. The van der Waals surface area contributed by atoms with Crippen LogP contribution >= 0.6 is 0 Å². The molecule has 2 heterocycles. The number of rotatable bonds is 6. The highest BCUT2D eigenvalue weighted by Crippen LogP contribution is 2.24. The Bertz CT molecular complexity index is 1190. The van der Waals surface area contributed by atoms with E-state index in [4.69, 9.17) is 9.47 Å². The molecule has 1 aromatic heterocycles. The number of hydrogen-bond acceptors (Lipinski definition) is 6. The van der Waals surface area contributed by atoms with E-state index in [0.717, 1.165) is 16.1 Å². The number of nitrogens with zero attached hydrogens (tertiary/aromatic N) is 4. The number of amides is 1. The summed E-state index contributed by atoms with van der Waals surface area (Å²) in [4.78, 5) is 29.1. The summed E-state index contributed by atoms with van der Waals surface area (Å²) in [5.74, 6) is 0.454. The quantitative estimate of drug-likeness (QED) is 0.572. The molecule has 172 valence electrons. The van der Waals surface area contributed by atoms with Crippen molar-refractivity contribution < 1.29 is 18.7 Å². The van der Waals surface area contributed by atoms with E-state index in [-0.39, 0.29) is 23.7 Å². The largest absolute Gasteiger partial charge is 0.497 e. The van der Waals surface area contributed by atoms with Crippen LogP contribution in [0.25, 0.3) is 11.3 Å². The molecule has 33 heavy (non-hydrogen) atoms. The van der Waals surface area contributed by atoms with Crippen molar-refractivity contribution in [1.29, 1.82) is 0 Å². The lowest BCUT2D eigenvalue weighted by atomic mass is 10.1. The number of methoxy groups -OCH3 is 2. The van der Waals surface area contributed by atoms with Crippen LogP contribution in [0.2, 0.25) is 0 Å². The van der Waals surface area contributed by atoms with E-state index in [1.54, 1.807) is 18.1 Å². The normalized spacial score (nSPS) is 13.7. The predicted octanol–water partition coefficient (Wildman–Crippen LogP) is 2.42. The van der Waals surface area contributed by atoms with Gasteiger partial charge in [-0.3, -0.25) is 9.59 Å². The number of carbonyl (C=O) groups is 1. The van der Waals surface area contributed by atoms with E-state index in [2.05, 4.69) is 10.00 Å². The second kappa shape index (κ2) is 9.72. The molecule has 0 radical (unpaired) electrons. The van der Waals surface area contributed by atoms with Crippen LogP contribution in [-0.2, 0) is 11.3 Å². The molecule has 1 fully saturated rings. The van der Waals surface area contributed by atoms with Crippen molar-refractivity contribution in [3.05, 3.63) is 70.8 Å². The number of ether oxygens (including phenoxy) is 2. The van der Waals surface area contributed by atoms with Gasteiger partial charge in [-0.05, 0) is 42.5 Å². The summed E-state index contributed by atoms with van der Waals surface area (Å²) in [7, 11) is 3.08. The molecule has 0 unspecified atom stereocenters. The third-order valence-corrected chi connectivity index (χ3v) is 5.67. The van der Waals surface area contributed by atoms with Crippen LogP contribution in [0.3, 0.4) is 0 Å². The molecule has 0 aliphatic carbocycles. The summed E-state index contributed by atoms with van der Waals surface area (Å²) in [5.41, 5.74) is 1.14. The van der Waals surface area contributed by atoms with Crippen molar-refractivity contribution in [2.75, 3.05) is 45.3 Å². The lowest BCUT2D eigenvalue weighted by molar-refractivity contribution is -0.132. The van der Waals surface area contributed by atoms with Crippen LogP contribution in [0.15, 0.2) is 59.4 Å². The van der Waals surface area contributed by atoms with Gasteiger partial charge in [0.05, 0.1) is 19.9 Å². The number of halogens is 1. The standard InChI is InChI=1S/C24H25FN4O4/c1-32-18-5-3-17(4-6-18)27-11-13-28(14-12-27)24(31)16-29-23(30)10-9-22(26-29)20-8-7-19(33-2)15-21(20)25/h3-10,15H,11-14,16H2,1-2H3. The molecule has 3 aromatic rings. The summed E-state index contributed by atoms with van der Waals surface area (Å²) >= 11 is 0. The van der Waals surface area contributed by atoms with Gasteiger partial charge in [0.2, 0.25) is 5.91 Å². The Morgan fingerprint density at radius 1 is 0.939 bits per heavy atom. The van der Waals surface area contributed by atoms with Gasteiger partial charge in [0.25, 0.3) is 5.56 Å². The maximum absolute atomic E-state index is 14.4. The second-order valence-corrected chi connectivity index (χ2v) is 7.63. The molecule has 0 saturated carbocycles. The Morgan fingerprint density at radius 3 is 2.24 bits per heavy atom. The van der Waals surface area contributed by atoms with Gasteiger partial charge in [0.1, 0.15) is 23.9 Å². The fourth-order valence-corrected chi connectivity index (χ4v) is 3.77. The van der Waals surface area contributed by atoms with E-state index < -0.39 is 11.4 Å². The van der Waals surface area contributed by atoms with Gasteiger partial charge >= 0.3 is 0 Å². The van der Waals surface area contributed by atoms with Crippen LogP contribution in [0.4, 0.5) is 10.1 Å². The highest BCUT2D eigenvalue weighted by atomic mass is 19.1. The highest BCUT2D eigenvalue weighted by Gasteiger charge is 2.22. The fourth-order valence-electron chi connectivity index (χ4n) is 3.77. The predicted molar refractivity (Wildman–Crippen MR) is 122 cm³/mol. The zero-order valence-corrected chi connectivity index (χ0v) is 18.5. The zero-order valence-electron chi connectivity index (χ0n) is 18.5. The summed E-state index contributed by atoms with van der Waals surface area (Å²) in [5, 5.41) is 4.23. The van der Waals surface area contributed by atoms with Crippen molar-refractivity contribution in [2.24, 2.45) is 0 Å². The van der Waals surface area contributed by atoms with Gasteiger partial charge < -0.3 is 19.3 Å². The van der Waals surface area contributed by atoms with E-state index in [1.165, 1.54) is 31.4 Å². The van der Waals surface area contributed by atoms with Crippen molar-refractivity contribution in [1.82, 2.24) is 14.7 Å². The average molecular weight is 452 g/mol. The molecule has 4 rings (SSSR count). The summed E-state index contributed by atoms with van der Waals surface area (Å²) in [6, 6.07) is 14.9. The van der Waals surface area contributed by atoms with Crippen LogP contribution in [0.1, 0.15) is 0 Å². The van der Waals surface area contributed by atoms with E-state index in [9.17, 15) is 14.0 Å². The first kappa shape index (κ1) is 22.3. The number of hydrogen-bond donors (Lipinski definition) is 0. The first-order valence-electron chi connectivity index (χ1n) is 10.6. The molecule has 1 amide bonds. The molecular formula is C24H25FN4O4. The minimum absolute atomic E-state index is 0.201. The monoisotopic (exact) mass is 452 g/mol.